The Labute approximate surface area is 74.3 Å². The highest BCUT2D eigenvalue weighted by atomic mass is 32.1. The number of ketones is 1. The summed E-state index contributed by atoms with van der Waals surface area (Å²) in [5, 5.41) is 0. The number of hydrogen-bond acceptors (Lipinski definition) is 2. The number of benzene rings is 1. The summed E-state index contributed by atoms with van der Waals surface area (Å²) in [5.41, 5.74) is 0.568. The van der Waals surface area contributed by atoms with Crippen molar-refractivity contribution in [3.63, 3.8) is 0 Å². The molecule has 0 atom stereocenters. The SMILES string of the molecule is CC(=S=O)C(=O)c1ccccc1. The summed E-state index contributed by atoms with van der Waals surface area (Å²) in [6.07, 6.45) is 0. The summed E-state index contributed by atoms with van der Waals surface area (Å²) in [6.45, 7) is 1.53. The van der Waals surface area contributed by atoms with Gasteiger partial charge in [0.1, 0.15) is 0 Å². The van der Waals surface area contributed by atoms with E-state index in [9.17, 15) is 9.00 Å². The van der Waals surface area contributed by atoms with Gasteiger partial charge in [-0.3, -0.25) is 4.79 Å². The Morgan fingerprint density at radius 2 is 1.83 bits per heavy atom. The first-order valence-corrected chi connectivity index (χ1v) is 4.23. The third kappa shape index (κ3) is 1.89. The maximum atomic E-state index is 11.3. The number of hydrogen-bond donors (Lipinski definition) is 0. The van der Waals surface area contributed by atoms with Gasteiger partial charge in [-0.15, -0.1) is 0 Å². The van der Waals surface area contributed by atoms with E-state index in [1.54, 1.807) is 24.3 Å². The topological polar surface area (TPSA) is 34.1 Å². The highest BCUT2D eigenvalue weighted by Gasteiger charge is 2.06. The van der Waals surface area contributed by atoms with Crippen molar-refractivity contribution in [2.24, 2.45) is 0 Å². The Morgan fingerprint density at radius 3 is 2.33 bits per heavy atom. The van der Waals surface area contributed by atoms with Crippen LogP contribution in [0.5, 0.6) is 0 Å². The van der Waals surface area contributed by atoms with Crippen LogP contribution in [0.25, 0.3) is 0 Å². The van der Waals surface area contributed by atoms with Crippen molar-refractivity contribution in [3.05, 3.63) is 35.9 Å². The lowest BCUT2D eigenvalue weighted by Crippen LogP contribution is -2.09. The highest BCUT2D eigenvalue weighted by Crippen LogP contribution is 1.99. The monoisotopic (exact) mass is 180 g/mol. The minimum Gasteiger partial charge on any atom is -0.288 e. The summed E-state index contributed by atoms with van der Waals surface area (Å²) in [6, 6.07) is 8.77. The fourth-order valence-corrected chi connectivity index (χ4v) is 1.02. The standard InChI is InChI=1S/C9H8O2S/c1-7(12-11)9(10)8-5-3-2-4-6-8/h2-6H,1H3. The molecule has 0 aromatic heterocycles. The molecule has 0 aliphatic rings. The number of carbonyl (C=O) groups excluding carboxylic acids is 1. The highest BCUT2D eigenvalue weighted by molar-refractivity contribution is 7.68. The van der Waals surface area contributed by atoms with Gasteiger partial charge in [-0.1, -0.05) is 30.3 Å². The van der Waals surface area contributed by atoms with Crippen molar-refractivity contribution in [3.8, 4) is 0 Å². The van der Waals surface area contributed by atoms with E-state index in [1.165, 1.54) is 6.92 Å². The van der Waals surface area contributed by atoms with Gasteiger partial charge in [-0.25, -0.2) is 4.21 Å². The van der Waals surface area contributed by atoms with Crippen LogP contribution in [0.1, 0.15) is 17.3 Å². The van der Waals surface area contributed by atoms with E-state index in [2.05, 4.69) is 0 Å². The molecule has 0 radical (unpaired) electrons. The molecular formula is C9H8O2S. The van der Waals surface area contributed by atoms with Gasteiger partial charge in [0.15, 0.2) is 0 Å². The molecule has 0 bridgehead atoms. The fourth-order valence-electron chi connectivity index (χ4n) is 0.831. The molecule has 0 N–H and O–H groups in total. The van der Waals surface area contributed by atoms with E-state index in [0.29, 0.717) is 5.56 Å². The smallest absolute Gasteiger partial charge is 0.201 e. The molecule has 0 heterocycles. The van der Waals surface area contributed by atoms with Crippen LogP contribution in [0, 0.1) is 0 Å². The van der Waals surface area contributed by atoms with E-state index < -0.39 is 0 Å². The van der Waals surface area contributed by atoms with Crippen molar-refractivity contribution in [2.45, 2.75) is 6.92 Å². The van der Waals surface area contributed by atoms with Gasteiger partial charge in [0.2, 0.25) is 5.78 Å². The summed E-state index contributed by atoms with van der Waals surface area (Å²) in [7, 11) is 0. The average molecular weight is 180 g/mol. The number of Topliss-reactive ketones (excluding diaryl/α,β-unsaturated/α-hetero) is 1. The maximum absolute atomic E-state index is 11.3. The Bertz CT molecular complexity index is 337. The molecule has 0 spiro atoms. The van der Waals surface area contributed by atoms with Gasteiger partial charge in [0.05, 0.1) is 16.1 Å². The fraction of sp³-hybridized carbons (Fsp3) is 0.111. The molecule has 0 saturated heterocycles. The molecule has 0 unspecified atom stereocenters. The van der Waals surface area contributed by atoms with Crippen molar-refractivity contribution in [2.75, 3.05) is 0 Å². The quantitative estimate of drug-likeness (QED) is 0.507. The van der Waals surface area contributed by atoms with Crippen molar-refractivity contribution >= 4 is 21.9 Å². The second-order valence-corrected chi connectivity index (χ2v) is 3.11. The third-order valence-electron chi connectivity index (χ3n) is 1.48. The Morgan fingerprint density at radius 1 is 1.25 bits per heavy atom. The molecule has 0 amide bonds. The predicted molar refractivity (Wildman–Crippen MR) is 49.6 cm³/mol. The Kier molecular flexibility index (Phi) is 2.94. The molecular weight excluding hydrogens is 172 g/mol. The molecule has 1 aromatic rings. The largest absolute Gasteiger partial charge is 0.288 e. The first-order valence-electron chi connectivity index (χ1n) is 3.49. The summed E-state index contributed by atoms with van der Waals surface area (Å²) in [4.78, 5) is 11.6. The predicted octanol–water partition coefficient (Wildman–Crippen LogP) is 1.27. The van der Waals surface area contributed by atoms with Gasteiger partial charge in [-0.2, -0.15) is 0 Å². The van der Waals surface area contributed by atoms with Crippen LogP contribution in [0.3, 0.4) is 0 Å². The Hall–Kier alpha value is -1.22. The molecule has 3 heteroatoms. The van der Waals surface area contributed by atoms with Gasteiger partial charge >= 0.3 is 0 Å². The first kappa shape index (κ1) is 8.87. The zero-order valence-electron chi connectivity index (χ0n) is 6.61. The molecule has 0 aliphatic heterocycles. The zero-order chi connectivity index (χ0) is 8.97. The second-order valence-electron chi connectivity index (χ2n) is 2.33. The van der Waals surface area contributed by atoms with Crippen LogP contribution in [0.2, 0.25) is 0 Å². The minimum atomic E-state index is -0.185. The van der Waals surface area contributed by atoms with Gasteiger partial charge in [-0.05, 0) is 6.92 Å². The Balaban J connectivity index is 3.02. The number of rotatable bonds is 2. The van der Waals surface area contributed by atoms with Crippen LogP contribution in [-0.4, -0.2) is 14.9 Å². The minimum absolute atomic E-state index is 0.185. The van der Waals surface area contributed by atoms with E-state index >= 15 is 0 Å². The first-order chi connectivity index (χ1) is 5.75. The molecule has 0 fully saturated rings. The lowest BCUT2D eigenvalue weighted by Gasteiger charge is -1.95. The van der Waals surface area contributed by atoms with Crippen LogP contribution in [0.15, 0.2) is 30.3 Å². The van der Waals surface area contributed by atoms with Gasteiger partial charge in [0.25, 0.3) is 0 Å². The molecule has 62 valence electrons. The lowest BCUT2D eigenvalue weighted by atomic mass is 10.1. The second kappa shape index (κ2) is 3.97. The maximum Gasteiger partial charge on any atom is 0.201 e. The molecule has 0 aliphatic carbocycles. The van der Waals surface area contributed by atoms with E-state index in [-0.39, 0.29) is 21.9 Å². The van der Waals surface area contributed by atoms with Gasteiger partial charge in [0, 0.05) is 5.56 Å². The van der Waals surface area contributed by atoms with Crippen LogP contribution in [-0.2, 0) is 11.3 Å². The van der Waals surface area contributed by atoms with Crippen molar-refractivity contribution in [1.29, 1.82) is 0 Å². The molecule has 0 saturated carbocycles. The van der Waals surface area contributed by atoms with E-state index in [0.717, 1.165) is 0 Å². The van der Waals surface area contributed by atoms with Crippen LogP contribution in [0.4, 0.5) is 0 Å². The van der Waals surface area contributed by atoms with Gasteiger partial charge < -0.3 is 0 Å². The summed E-state index contributed by atoms with van der Waals surface area (Å²) >= 11 is 0.245. The summed E-state index contributed by atoms with van der Waals surface area (Å²) < 4.78 is 10.3. The number of carbonyl (C=O) groups is 1. The van der Waals surface area contributed by atoms with Crippen molar-refractivity contribution < 1.29 is 9.00 Å². The molecule has 1 aromatic carbocycles. The van der Waals surface area contributed by atoms with Crippen molar-refractivity contribution in [1.82, 2.24) is 0 Å². The normalized spacial score (nSPS) is 9.08. The molecule has 2 nitrogen and oxygen atoms in total. The molecule has 1 rings (SSSR count). The lowest BCUT2D eigenvalue weighted by molar-refractivity contribution is 0.106. The van der Waals surface area contributed by atoms with Crippen LogP contribution >= 0.6 is 0 Å². The molecule has 12 heavy (non-hydrogen) atoms. The van der Waals surface area contributed by atoms with E-state index in [4.69, 9.17) is 0 Å². The summed E-state index contributed by atoms with van der Waals surface area (Å²) in [5.74, 6) is -0.185. The average Bonchev–Trinajstić information content (AvgIpc) is 2.17. The van der Waals surface area contributed by atoms with Crippen LogP contribution < -0.4 is 0 Å². The van der Waals surface area contributed by atoms with E-state index in [1.807, 2.05) is 6.07 Å². The third-order valence-corrected chi connectivity index (χ3v) is 1.92. The zero-order valence-corrected chi connectivity index (χ0v) is 7.43.